The number of nitrogens with zero attached hydrogens (tertiary/aromatic N) is 1. The molecule has 9 aromatic rings. The molecule has 0 amide bonds. The summed E-state index contributed by atoms with van der Waals surface area (Å²) >= 11 is 0. The summed E-state index contributed by atoms with van der Waals surface area (Å²) in [6, 6.07) is 72.6. The highest BCUT2D eigenvalue weighted by Crippen LogP contribution is 2.56. The van der Waals surface area contributed by atoms with Crippen LogP contribution < -0.4 is 9.64 Å². The molecule has 0 saturated heterocycles. The Hall–Kier alpha value is -7.16. The Morgan fingerprint density at radius 1 is 0.368 bits per heavy atom. The van der Waals surface area contributed by atoms with Gasteiger partial charge in [-0.1, -0.05) is 159 Å². The first-order chi connectivity index (χ1) is 28.0. The molecule has 9 aromatic carbocycles. The van der Waals surface area contributed by atoms with Gasteiger partial charge in [0.15, 0.2) is 0 Å². The van der Waals surface area contributed by atoms with Crippen LogP contribution in [0.2, 0.25) is 0 Å². The molecule has 2 heteroatoms. The molecule has 0 saturated carbocycles. The Morgan fingerprint density at radius 2 is 0.912 bits per heavy atom. The number of hydrogen-bond acceptors (Lipinski definition) is 2. The second kappa shape index (κ2) is 13.0. The van der Waals surface area contributed by atoms with E-state index in [1.807, 2.05) is 0 Å². The zero-order valence-corrected chi connectivity index (χ0v) is 31.9. The molecule has 57 heavy (non-hydrogen) atoms. The summed E-state index contributed by atoms with van der Waals surface area (Å²) < 4.78 is 7.14. The highest BCUT2D eigenvalue weighted by atomic mass is 16.5. The summed E-state index contributed by atoms with van der Waals surface area (Å²) in [4.78, 5) is 2.43. The standard InChI is InChI=1S/C55H39NO/c1-55(2)48-23-12-11-21-44(48)45-32-31-42(35-49(45)55)56(41-29-27-37(28-30-41)36-15-5-3-6-16-36)50-24-14-26-52-54(50)47-34-40-20-10-9-19-39(40)33-46(47)53-43(22-13-25-51(53)57-52)38-17-7-4-8-18-38/h3-35H,1-2H3. The van der Waals surface area contributed by atoms with Crippen molar-refractivity contribution < 1.29 is 4.74 Å². The van der Waals surface area contributed by atoms with Crippen molar-refractivity contribution in [2.45, 2.75) is 19.3 Å². The minimum Gasteiger partial charge on any atom is -0.456 e. The van der Waals surface area contributed by atoms with E-state index in [4.69, 9.17) is 4.74 Å². The van der Waals surface area contributed by atoms with Gasteiger partial charge in [0.05, 0.1) is 5.69 Å². The van der Waals surface area contributed by atoms with E-state index in [1.54, 1.807) is 0 Å². The third-order valence-corrected chi connectivity index (χ3v) is 12.1. The predicted molar refractivity (Wildman–Crippen MR) is 238 cm³/mol. The van der Waals surface area contributed by atoms with Crippen LogP contribution in [0.4, 0.5) is 17.1 Å². The van der Waals surface area contributed by atoms with E-state index >= 15 is 0 Å². The molecule has 0 aromatic heterocycles. The molecule has 0 N–H and O–H groups in total. The number of anilines is 3. The lowest BCUT2D eigenvalue weighted by atomic mass is 9.82. The minimum atomic E-state index is -0.150. The third kappa shape index (κ3) is 5.33. The van der Waals surface area contributed by atoms with Crippen LogP contribution in [-0.4, -0.2) is 0 Å². The van der Waals surface area contributed by atoms with Gasteiger partial charge < -0.3 is 9.64 Å². The lowest BCUT2D eigenvalue weighted by Crippen LogP contribution is -2.17. The first-order valence-electron chi connectivity index (χ1n) is 19.8. The highest BCUT2D eigenvalue weighted by molar-refractivity contribution is 6.07. The first kappa shape index (κ1) is 33.2. The predicted octanol–water partition coefficient (Wildman–Crippen LogP) is 15.4. The van der Waals surface area contributed by atoms with Crippen molar-refractivity contribution in [3.05, 3.63) is 211 Å². The van der Waals surface area contributed by atoms with Gasteiger partial charge in [0, 0.05) is 27.9 Å². The van der Waals surface area contributed by atoms with Gasteiger partial charge in [0.25, 0.3) is 0 Å². The maximum atomic E-state index is 7.14. The van der Waals surface area contributed by atoms with Crippen LogP contribution in [0.1, 0.15) is 25.0 Å². The lowest BCUT2D eigenvalue weighted by Gasteiger charge is -2.30. The van der Waals surface area contributed by atoms with E-state index in [1.165, 1.54) is 44.2 Å². The van der Waals surface area contributed by atoms with E-state index in [2.05, 4.69) is 219 Å². The molecular weight excluding hydrogens is 691 g/mol. The Morgan fingerprint density at radius 3 is 1.65 bits per heavy atom. The zero-order valence-electron chi connectivity index (χ0n) is 31.9. The summed E-state index contributed by atoms with van der Waals surface area (Å²) in [7, 11) is 0. The molecule has 1 aliphatic carbocycles. The van der Waals surface area contributed by atoms with E-state index in [0.717, 1.165) is 61.9 Å². The minimum absolute atomic E-state index is 0.150. The van der Waals surface area contributed by atoms with Crippen LogP contribution in [0.15, 0.2) is 200 Å². The van der Waals surface area contributed by atoms with E-state index in [-0.39, 0.29) is 5.41 Å². The van der Waals surface area contributed by atoms with Crippen LogP contribution in [0.5, 0.6) is 11.5 Å². The summed E-state index contributed by atoms with van der Waals surface area (Å²) in [5, 5.41) is 2.38. The second-order valence-electron chi connectivity index (χ2n) is 15.7. The van der Waals surface area contributed by atoms with Gasteiger partial charge in [0.2, 0.25) is 0 Å². The van der Waals surface area contributed by atoms with Gasteiger partial charge in [-0.25, -0.2) is 0 Å². The van der Waals surface area contributed by atoms with E-state index < -0.39 is 0 Å². The molecule has 0 bridgehead atoms. The number of hydrogen-bond donors (Lipinski definition) is 0. The van der Waals surface area contributed by atoms with Crippen molar-refractivity contribution in [2.24, 2.45) is 0 Å². The van der Waals surface area contributed by atoms with Gasteiger partial charge in [-0.2, -0.15) is 0 Å². The summed E-state index contributed by atoms with van der Waals surface area (Å²) in [6.45, 7) is 4.71. The molecule has 2 aliphatic rings. The molecule has 0 spiro atoms. The van der Waals surface area contributed by atoms with Crippen molar-refractivity contribution in [3.63, 3.8) is 0 Å². The SMILES string of the molecule is CC1(C)c2ccccc2-c2ccc(N(c3ccc(-c4ccccc4)cc3)c3cccc4c3-c3cc5ccccc5cc3-c3c(cccc3-c3ccccc3)O4)cc21. The van der Waals surface area contributed by atoms with Gasteiger partial charge >= 0.3 is 0 Å². The van der Waals surface area contributed by atoms with Gasteiger partial charge in [-0.05, 0) is 121 Å². The molecule has 270 valence electrons. The normalized spacial score (nSPS) is 13.0. The van der Waals surface area contributed by atoms with Crippen LogP contribution >= 0.6 is 0 Å². The summed E-state index contributed by atoms with van der Waals surface area (Å²) in [6.07, 6.45) is 0. The van der Waals surface area contributed by atoms with Gasteiger partial charge in [-0.3, -0.25) is 0 Å². The van der Waals surface area contributed by atoms with E-state index in [9.17, 15) is 0 Å². The Bertz CT molecular complexity index is 3000. The molecule has 1 aliphatic heterocycles. The average molecular weight is 730 g/mol. The fourth-order valence-electron chi connectivity index (χ4n) is 9.28. The number of ether oxygens (including phenoxy) is 1. The number of benzene rings is 9. The van der Waals surface area contributed by atoms with Crippen LogP contribution in [0.3, 0.4) is 0 Å². The van der Waals surface area contributed by atoms with Gasteiger partial charge in [0.1, 0.15) is 11.5 Å². The maximum absolute atomic E-state index is 7.14. The van der Waals surface area contributed by atoms with Gasteiger partial charge in [-0.15, -0.1) is 0 Å². The zero-order chi connectivity index (χ0) is 38.1. The molecule has 0 unspecified atom stereocenters. The van der Waals surface area contributed by atoms with Crippen molar-refractivity contribution in [1.29, 1.82) is 0 Å². The molecule has 0 fully saturated rings. The highest BCUT2D eigenvalue weighted by Gasteiger charge is 2.36. The molecular formula is C55H39NO. The second-order valence-corrected chi connectivity index (χ2v) is 15.7. The summed E-state index contributed by atoms with van der Waals surface area (Å²) in [5.41, 5.74) is 17.5. The lowest BCUT2D eigenvalue weighted by molar-refractivity contribution is 0.488. The van der Waals surface area contributed by atoms with Crippen LogP contribution in [-0.2, 0) is 5.41 Å². The number of rotatable bonds is 5. The summed E-state index contributed by atoms with van der Waals surface area (Å²) in [5.74, 6) is 1.67. The number of fused-ring (bicyclic) bond motifs is 9. The topological polar surface area (TPSA) is 12.5 Å². The third-order valence-electron chi connectivity index (χ3n) is 12.1. The van der Waals surface area contributed by atoms with Crippen LogP contribution in [0.25, 0.3) is 66.4 Å². The Labute approximate surface area is 333 Å². The fourth-order valence-corrected chi connectivity index (χ4v) is 9.28. The Balaban J connectivity index is 1.18. The van der Waals surface area contributed by atoms with Crippen molar-refractivity contribution >= 4 is 27.8 Å². The average Bonchev–Trinajstić information content (AvgIpc) is 3.39. The first-order valence-corrected chi connectivity index (χ1v) is 19.8. The molecule has 1 heterocycles. The quantitative estimate of drug-likeness (QED) is 0.175. The molecule has 11 rings (SSSR count). The monoisotopic (exact) mass is 729 g/mol. The maximum Gasteiger partial charge on any atom is 0.137 e. The largest absolute Gasteiger partial charge is 0.456 e. The van der Waals surface area contributed by atoms with Crippen molar-refractivity contribution in [1.82, 2.24) is 0 Å². The molecule has 0 radical (unpaired) electrons. The van der Waals surface area contributed by atoms with E-state index in [0.29, 0.717) is 0 Å². The molecule has 2 nitrogen and oxygen atoms in total. The van der Waals surface area contributed by atoms with Crippen molar-refractivity contribution in [3.8, 4) is 67.1 Å². The fraction of sp³-hybridized carbons (Fsp3) is 0.0545. The Kier molecular flexibility index (Phi) is 7.55. The smallest absolute Gasteiger partial charge is 0.137 e. The van der Waals surface area contributed by atoms with Crippen LogP contribution in [0, 0.1) is 0 Å². The van der Waals surface area contributed by atoms with Crippen molar-refractivity contribution in [2.75, 3.05) is 4.90 Å². The molecule has 0 atom stereocenters.